The third-order valence-electron chi connectivity index (χ3n) is 3.00. The summed E-state index contributed by atoms with van der Waals surface area (Å²) in [4.78, 5) is 15.8. The van der Waals surface area contributed by atoms with Crippen LogP contribution >= 0.6 is 0 Å². The Morgan fingerprint density at radius 1 is 1.26 bits per heavy atom. The van der Waals surface area contributed by atoms with Crippen LogP contribution in [0.3, 0.4) is 0 Å². The Morgan fingerprint density at radius 3 is 2.78 bits per heavy atom. The fourth-order valence-electron chi connectivity index (χ4n) is 1.84. The van der Waals surface area contributed by atoms with Gasteiger partial charge in [-0.05, 0) is 29.8 Å². The van der Waals surface area contributed by atoms with Crippen LogP contribution in [0.2, 0.25) is 0 Å². The maximum absolute atomic E-state index is 12.3. The standard InChI is InChI=1S/C16H17N3O3S/c1-2-8-18-16(20)14-6-3-7-15(10-14)23(21,22)19-12-13-5-4-9-17-11-13/h2-7,9-11,19H,1,8,12H2,(H,18,20). The van der Waals surface area contributed by atoms with Gasteiger partial charge in [0.25, 0.3) is 5.91 Å². The lowest BCUT2D eigenvalue weighted by atomic mass is 10.2. The van der Waals surface area contributed by atoms with E-state index in [9.17, 15) is 13.2 Å². The highest BCUT2D eigenvalue weighted by molar-refractivity contribution is 7.89. The molecular formula is C16H17N3O3S. The first kappa shape index (κ1) is 16.9. The van der Waals surface area contributed by atoms with Crippen LogP contribution in [0, 0.1) is 0 Å². The molecule has 0 bridgehead atoms. The second kappa shape index (κ2) is 7.66. The van der Waals surface area contributed by atoms with Gasteiger partial charge in [0.1, 0.15) is 0 Å². The van der Waals surface area contributed by atoms with Crippen molar-refractivity contribution in [2.24, 2.45) is 0 Å². The number of pyridine rings is 1. The number of nitrogens with zero attached hydrogens (tertiary/aromatic N) is 1. The van der Waals surface area contributed by atoms with E-state index in [1.807, 2.05) is 0 Å². The summed E-state index contributed by atoms with van der Waals surface area (Å²) in [7, 11) is -3.71. The molecule has 1 aromatic carbocycles. The number of amides is 1. The van der Waals surface area contributed by atoms with Gasteiger partial charge in [-0.3, -0.25) is 9.78 Å². The smallest absolute Gasteiger partial charge is 0.251 e. The number of hydrogen-bond donors (Lipinski definition) is 2. The number of carbonyl (C=O) groups is 1. The summed E-state index contributed by atoms with van der Waals surface area (Å²) in [6.07, 6.45) is 4.75. The molecule has 7 heteroatoms. The van der Waals surface area contributed by atoms with E-state index >= 15 is 0 Å². The molecule has 2 N–H and O–H groups in total. The highest BCUT2D eigenvalue weighted by atomic mass is 32.2. The largest absolute Gasteiger partial charge is 0.349 e. The summed E-state index contributed by atoms with van der Waals surface area (Å²) in [5.41, 5.74) is 1.02. The van der Waals surface area contributed by atoms with Gasteiger partial charge in [0.05, 0.1) is 4.90 Å². The summed E-state index contributed by atoms with van der Waals surface area (Å²) in [5, 5.41) is 2.60. The molecule has 0 saturated heterocycles. The van der Waals surface area contributed by atoms with Gasteiger partial charge in [-0.2, -0.15) is 0 Å². The number of benzene rings is 1. The molecule has 1 amide bonds. The number of nitrogens with one attached hydrogen (secondary N) is 2. The minimum absolute atomic E-state index is 0.0349. The average molecular weight is 331 g/mol. The molecule has 0 aliphatic carbocycles. The molecule has 2 aromatic rings. The van der Waals surface area contributed by atoms with Gasteiger partial charge in [0.2, 0.25) is 10.0 Å². The third-order valence-corrected chi connectivity index (χ3v) is 4.40. The lowest BCUT2D eigenvalue weighted by Crippen LogP contribution is -2.25. The summed E-state index contributed by atoms with van der Waals surface area (Å²) in [5.74, 6) is -0.353. The number of hydrogen-bond acceptors (Lipinski definition) is 4. The number of carbonyl (C=O) groups excluding carboxylic acids is 1. The van der Waals surface area contributed by atoms with Crippen LogP contribution in [0.4, 0.5) is 0 Å². The molecule has 0 radical (unpaired) electrons. The number of sulfonamides is 1. The van der Waals surface area contributed by atoms with Crippen LogP contribution in [0.5, 0.6) is 0 Å². The first-order valence-electron chi connectivity index (χ1n) is 6.90. The molecule has 0 fully saturated rings. The Hall–Kier alpha value is -2.51. The highest BCUT2D eigenvalue weighted by Crippen LogP contribution is 2.12. The average Bonchev–Trinajstić information content (AvgIpc) is 2.59. The van der Waals surface area contributed by atoms with Crippen LogP contribution in [-0.2, 0) is 16.6 Å². The number of aromatic nitrogens is 1. The van der Waals surface area contributed by atoms with E-state index in [1.165, 1.54) is 18.2 Å². The van der Waals surface area contributed by atoms with E-state index in [0.29, 0.717) is 6.54 Å². The van der Waals surface area contributed by atoms with Crippen molar-refractivity contribution >= 4 is 15.9 Å². The lowest BCUT2D eigenvalue weighted by Gasteiger charge is -2.08. The Balaban J connectivity index is 2.13. The molecule has 120 valence electrons. The molecule has 23 heavy (non-hydrogen) atoms. The van der Waals surface area contributed by atoms with Crippen LogP contribution in [0.15, 0.2) is 66.3 Å². The van der Waals surface area contributed by atoms with E-state index in [0.717, 1.165) is 5.56 Å². The van der Waals surface area contributed by atoms with Crippen molar-refractivity contribution in [3.8, 4) is 0 Å². The van der Waals surface area contributed by atoms with Crippen molar-refractivity contribution < 1.29 is 13.2 Å². The number of rotatable bonds is 7. The molecule has 1 aromatic heterocycles. The first-order valence-corrected chi connectivity index (χ1v) is 8.39. The van der Waals surface area contributed by atoms with Crippen molar-refractivity contribution in [3.63, 3.8) is 0 Å². The van der Waals surface area contributed by atoms with Crippen LogP contribution in [-0.4, -0.2) is 25.9 Å². The van der Waals surface area contributed by atoms with Crippen LogP contribution in [0.25, 0.3) is 0 Å². The predicted molar refractivity (Wildman–Crippen MR) is 87.2 cm³/mol. The minimum Gasteiger partial charge on any atom is -0.349 e. The van der Waals surface area contributed by atoms with Gasteiger partial charge in [-0.15, -0.1) is 6.58 Å². The molecule has 0 aliphatic heterocycles. The molecular weight excluding hydrogens is 314 g/mol. The molecule has 0 saturated carbocycles. The zero-order valence-electron chi connectivity index (χ0n) is 12.4. The van der Waals surface area contributed by atoms with E-state index in [2.05, 4.69) is 21.6 Å². The van der Waals surface area contributed by atoms with E-state index in [4.69, 9.17) is 0 Å². The Kier molecular flexibility index (Phi) is 5.61. The summed E-state index contributed by atoms with van der Waals surface area (Å²) < 4.78 is 27.1. The molecule has 0 aliphatic rings. The molecule has 6 nitrogen and oxygen atoms in total. The Labute approximate surface area is 135 Å². The SMILES string of the molecule is C=CCNC(=O)c1cccc(S(=O)(=O)NCc2cccnc2)c1. The molecule has 0 atom stereocenters. The van der Waals surface area contributed by atoms with Crippen molar-refractivity contribution in [2.75, 3.05) is 6.54 Å². The van der Waals surface area contributed by atoms with E-state index in [1.54, 1.807) is 36.7 Å². The Bertz CT molecular complexity index is 789. The maximum atomic E-state index is 12.3. The second-order valence-corrected chi connectivity index (χ2v) is 6.48. The highest BCUT2D eigenvalue weighted by Gasteiger charge is 2.16. The van der Waals surface area contributed by atoms with Gasteiger partial charge in [-0.25, -0.2) is 13.1 Å². The minimum atomic E-state index is -3.71. The molecule has 0 spiro atoms. The van der Waals surface area contributed by atoms with Crippen molar-refractivity contribution in [2.45, 2.75) is 11.4 Å². The fraction of sp³-hybridized carbons (Fsp3) is 0.125. The fourth-order valence-corrected chi connectivity index (χ4v) is 2.90. The Morgan fingerprint density at radius 2 is 2.09 bits per heavy atom. The lowest BCUT2D eigenvalue weighted by molar-refractivity contribution is 0.0958. The second-order valence-electron chi connectivity index (χ2n) is 4.71. The zero-order valence-corrected chi connectivity index (χ0v) is 13.2. The van der Waals surface area contributed by atoms with Gasteiger partial charge in [0.15, 0.2) is 0 Å². The van der Waals surface area contributed by atoms with Gasteiger partial charge >= 0.3 is 0 Å². The zero-order chi connectivity index (χ0) is 16.7. The quantitative estimate of drug-likeness (QED) is 0.752. The predicted octanol–water partition coefficient (Wildman–Crippen LogP) is 1.48. The van der Waals surface area contributed by atoms with E-state index < -0.39 is 10.0 Å². The van der Waals surface area contributed by atoms with Gasteiger partial charge in [-0.1, -0.05) is 18.2 Å². The molecule has 1 heterocycles. The van der Waals surface area contributed by atoms with Gasteiger partial charge < -0.3 is 5.32 Å². The van der Waals surface area contributed by atoms with Crippen molar-refractivity contribution in [3.05, 3.63) is 72.6 Å². The van der Waals surface area contributed by atoms with Crippen LogP contribution in [0.1, 0.15) is 15.9 Å². The van der Waals surface area contributed by atoms with Crippen molar-refractivity contribution in [1.29, 1.82) is 0 Å². The molecule has 2 rings (SSSR count). The summed E-state index contributed by atoms with van der Waals surface area (Å²) in [6.45, 7) is 3.95. The third kappa shape index (κ3) is 4.73. The monoisotopic (exact) mass is 331 g/mol. The maximum Gasteiger partial charge on any atom is 0.251 e. The normalized spacial score (nSPS) is 11.0. The molecule has 0 unspecified atom stereocenters. The topological polar surface area (TPSA) is 88.2 Å². The van der Waals surface area contributed by atoms with Crippen molar-refractivity contribution in [1.82, 2.24) is 15.0 Å². The first-order chi connectivity index (χ1) is 11.0. The van der Waals surface area contributed by atoms with Gasteiger partial charge in [0, 0.05) is 31.0 Å². The van der Waals surface area contributed by atoms with Crippen LogP contribution < -0.4 is 10.0 Å². The van der Waals surface area contributed by atoms with E-state index in [-0.39, 0.29) is 22.9 Å². The summed E-state index contributed by atoms with van der Waals surface area (Å²) in [6, 6.07) is 9.36. The summed E-state index contributed by atoms with van der Waals surface area (Å²) >= 11 is 0.